The molecule has 55 heavy (non-hydrogen) atoms. The van der Waals surface area contributed by atoms with Crippen LogP contribution in [0, 0.1) is 11.3 Å². The number of nitrogens with two attached hydrogens (primary N) is 1. The third-order valence-electron chi connectivity index (χ3n) is 8.34. The van der Waals surface area contributed by atoms with Crippen LogP contribution in [0.5, 0.6) is 5.75 Å². The van der Waals surface area contributed by atoms with Gasteiger partial charge in [-0.2, -0.15) is 15.4 Å². The van der Waals surface area contributed by atoms with Crippen LogP contribution in [0.1, 0.15) is 43.7 Å². The molecular formula is C35H40N7O12P. The van der Waals surface area contributed by atoms with Gasteiger partial charge in [0, 0.05) is 6.42 Å². The number of carboxylic acids is 1. The number of anilines is 1. The number of aromatic nitrogens is 3. The molecule has 0 bridgehead atoms. The third-order valence-corrected chi connectivity index (χ3v) is 9.96. The molecule has 2 unspecified atom stereocenters. The van der Waals surface area contributed by atoms with E-state index in [1.54, 1.807) is 56.3 Å². The minimum atomic E-state index is -4.67. The Bertz CT molecular complexity index is 2080. The monoisotopic (exact) mass is 781 g/mol. The van der Waals surface area contributed by atoms with E-state index in [0.717, 1.165) is 0 Å². The van der Waals surface area contributed by atoms with Crippen molar-refractivity contribution in [2.45, 2.75) is 75.9 Å². The number of aliphatic hydroxyl groups is 2. The summed E-state index contributed by atoms with van der Waals surface area (Å²) >= 11 is 0. The number of aliphatic carboxylic acids is 1. The molecule has 1 aliphatic heterocycles. The Morgan fingerprint density at radius 2 is 1.78 bits per heavy atom. The summed E-state index contributed by atoms with van der Waals surface area (Å²) in [5, 5.41) is 51.0. The fourth-order valence-corrected chi connectivity index (χ4v) is 7.06. The molecule has 1 amide bonds. The molecule has 20 heteroatoms. The van der Waals surface area contributed by atoms with Crippen molar-refractivity contribution in [3.05, 3.63) is 89.9 Å². The number of rotatable bonds is 16. The first-order chi connectivity index (χ1) is 26.1. The zero-order chi connectivity index (χ0) is 39.9. The van der Waals surface area contributed by atoms with Crippen LogP contribution in [0.3, 0.4) is 0 Å². The molecule has 292 valence electrons. The van der Waals surface area contributed by atoms with Gasteiger partial charge in [-0.3, -0.25) is 9.32 Å². The van der Waals surface area contributed by atoms with Crippen molar-refractivity contribution < 1.29 is 57.5 Å². The maximum Gasteiger partial charge on any atom is 0.459 e. The quantitative estimate of drug-likeness (QED) is 0.0703. The lowest BCUT2D eigenvalue weighted by atomic mass is 9.96. The highest BCUT2D eigenvalue weighted by molar-refractivity contribution is 7.52. The lowest BCUT2D eigenvalue weighted by Crippen LogP contribution is -2.46. The predicted molar refractivity (Wildman–Crippen MR) is 191 cm³/mol. The maximum absolute atomic E-state index is 14.3. The third kappa shape index (κ3) is 9.74. The van der Waals surface area contributed by atoms with E-state index < -0.39 is 74.5 Å². The fraction of sp³-hybridized carbons (Fsp3) is 0.371. The minimum absolute atomic E-state index is 0.0634. The molecule has 7 N–H and O–H groups in total. The number of nitrogens with one attached hydrogen (secondary N) is 2. The van der Waals surface area contributed by atoms with Crippen molar-refractivity contribution in [1.29, 1.82) is 5.26 Å². The van der Waals surface area contributed by atoms with E-state index in [4.69, 9.17) is 29.0 Å². The van der Waals surface area contributed by atoms with Gasteiger partial charge in [-0.1, -0.05) is 42.5 Å². The van der Waals surface area contributed by atoms with E-state index >= 15 is 0 Å². The predicted octanol–water partition coefficient (Wildman–Crippen LogP) is 2.42. The first-order valence-corrected chi connectivity index (χ1v) is 18.4. The van der Waals surface area contributed by atoms with Gasteiger partial charge in [0.05, 0.1) is 11.8 Å². The number of nitrogens with zero attached hydrogens (tertiary/aromatic N) is 4. The number of carbonyl (C=O) groups excluding carboxylic acids is 2. The summed E-state index contributed by atoms with van der Waals surface area (Å²) in [6.45, 7) is 3.57. The second-order valence-corrected chi connectivity index (χ2v) is 14.5. The van der Waals surface area contributed by atoms with Gasteiger partial charge in [0.2, 0.25) is 5.60 Å². The van der Waals surface area contributed by atoms with Gasteiger partial charge < -0.3 is 45.1 Å². The molecule has 2 aromatic heterocycles. The molecule has 1 saturated heterocycles. The summed E-state index contributed by atoms with van der Waals surface area (Å²) in [5.74, 6) is -2.08. The molecule has 2 aromatic carbocycles. The van der Waals surface area contributed by atoms with Crippen LogP contribution in [-0.2, 0) is 45.9 Å². The van der Waals surface area contributed by atoms with Gasteiger partial charge in [0.1, 0.15) is 67.3 Å². The smallest absolute Gasteiger partial charge is 0.459 e. The molecule has 0 spiro atoms. The van der Waals surface area contributed by atoms with E-state index in [1.165, 1.54) is 48.1 Å². The number of fused-ring (bicyclic) bond motifs is 1. The van der Waals surface area contributed by atoms with E-state index in [1.807, 2.05) is 0 Å². The van der Waals surface area contributed by atoms with Crippen LogP contribution in [-0.4, -0.2) is 90.6 Å². The Labute approximate surface area is 314 Å². The Morgan fingerprint density at radius 3 is 2.44 bits per heavy atom. The van der Waals surface area contributed by atoms with Gasteiger partial charge >= 0.3 is 25.8 Å². The number of alkyl carbamates (subject to hydrolysis) is 1. The number of benzene rings is 2. The highest BCUT2D eigenvalue weighted by Crippen LogP contribution is 2.48. The first kappa shape index (κ1) is 40.6. The summed E-state index contributed by atoms with van der Waals surface area (Å²) in [5.41, 5.74) is 5.35. The highest BCUT2D eigenvalue weighted by atomic mass is 31.2. The molecular weight excluding hydrogens is 741 g/mol. The average Bonchev–Trinajstić information content (AvgIpc) is 3.69. The van der Waals surface area contributed by atoms with E-state index in [0.29, 0.717) is 16.6 Å². The minimum Gasteiger partial charge on any atom is -0.480 e. The standard InChI is InChI=1S/C35H40N7O12P/c1-20(2)52-33(47)21(3)41-55(49,51-18-35(17-36)30(44)28(43)29(53-35)26-13-14-27-31(37)38-19-39-42(26)27)54-24-11-9-22(10-12-24)15-25(32(45)46)40-34(48)50-16-23-7-5-4-6-8-23/h4-14,19-21,25,28-30,43-44H,15-16,18H2,1-3H3,(H,40,48)(H,41,49)(H,45,46)(H2,37,38,39)/t21?,25-,28-,29-,30-,35+,55?/m0/s1. The summed E-state index contributed by atoms with van der Waals surface area (Å²) in [7, 11) is -4.67. The number of hydrogen-bond donors (Lipinski definition) is 6. The second kappa shape index (κ2) is 17.2. The molecule has 5 rings (SSSR count). The normalized spacial score (nSPS) is 21.6. The highest BCUT2D eigenvalue weighted by Gasteiger charge is 2.57. The number of nitriles is 1. The summed E-state index contributed by atoms with van der Waals surface area (Å²) in [6.07, 6.45) is -5.36. The van der Waals surface area contributed by atoms with Gasteiger partial charge in [0.15, 0.2) is 5.82 Å². The van der Waals surface area contributed by atoms with Crippen LogP contribution >= 0.6 is 7.75 Å². The van der Waals surface area contributed by atoms with Crippen molar-refractivity contribution in [3.8, 4) is 11.8 Å². The average molecular weight is 782 g/mol. The second-order valence-electron chi connectivity index (χ2n) is 12.8. The Hall–Kier alpha value is -5.61. The van der Waals surface area contributed by atoms with Crippen LogP contribution < -0.4 is 20.7 Å². The summed E-state index contributed by atoms with van der Waals surface area (Å²) < 4.78 is 43.3. The van der Waals surface area contributed by atoms with Gasteiger partial charge in [0.25, 0.3) is 0 Å². The van der Waals surface area contributed by atoms with E-state index in [-0.39, 0.29) is 30.3 Å². The van der Waals surface area contributed by atoms with Crippen molar-refractivity contribution in [2.75, 3.05) is 12.3 Å². The maximum atomic E-state index is 14.3. The molecule has 0 saturated carbocycles. The van der Waals surface area contributed by atoms with Crippen molar-refractivity contribution >= 4 is 37.1 Å². The Kier molecular flexibility index (Phi) is 12.7. The molecule has 1 fully saturated rings. The molecule has 1 aliphatic rings. The molecule has 19 nitrogen and oxygen atoms in total. The number of esters is 1. The van der Waals surface area contributed by atoms with Crippen LogP contribution in [0.2, 0.25) is 0 Å². The SMILES string of the molecule is CC(C)OC(=O)C(C)NP(=O)(OC[C@@]1(C#N)O[C@@H](c2ccc3c(N)ncnn23)[C@H](O)[C@@H]1O)Oc1ccc(C[C@H](NC(=O)OCc2ccccc2)C(=O)O)cc1. The lowest BCUT2D eigenvalue weighted by Gasteiger charge is -2.28. The molecule has 0 aliphatic carbocycles. The van der Waals surface area contributed by atoms with Gasteiger partial charge in [-0.05, 0) is 56.2 Å². The molecule has 4 aromatic rings. The van der Waals surface area contributed by atoms with Crippen molar-refractivity contribution in [2.24, 2.45) is 0 Å². The Morgan fingerprint density at radius 1 is 1.07 bits per heavy atom. The molecule has 0 radical (unpaired) electrons. The van der Waals surface area contributed by atoms with Crippen LogP contribution in [0.4, 0.5) is 10.6 Å². The molecule has 3 heterocycles. The number of carboxylic acid groups (broad SMARTS) is 1. The zero-order valence-electron chi connectivity index (χ0n) is 29.8. The number of amides is 1. The molecule has 7 atom stereocenters. The van der Waals surface area contributed by atoms with Gasteiger partial charge in [-0.25, -0.2) is 23.7 Å². The van der Waals surface area contributed by atoms with Crippen molar-refractivity contribution in [1.82, 2.24) is 25.0 Å². The number of nitrogen functional groups attached to an aromatic ring is 1. The summed E-state index contributed by atoms with van der Waals surface area (Å²) in [6, 6.07) is 16.6. The van der Waals surface area contributed by atoms with Gasteiger partial charge in [-0.15, -0.1) is 0 Å². The number of aliphatic hydroxyl groups excluding tert-OH is 2. The number of carbonyl (C=O) groups is 3. The van der Waals surface area contributed by atoms with E-state index in [9.17, 15) is 39.5 Å². The van der Waals surface area contributed by atoms with E-state index in [2.05, 4.69) is 20.5 Å². The number of hydrogen-bond acceptors (Lipinski definition) is 15. The van der Waals surface area contributed by atoms with Crippen molar-refractivity contribution in [3.63, 3.8) is 0 Å². The Balaban J connectivity index is 1.31. The largest absolute Gasteiger partial charge is 0.480 e. The first-order valence-electron chi connectivity index (χ1n) is 16.9. The number of ether oxygens (including phenoxy) is 3. The van der Waals surface area contributed by atoms with Crippen LogP contribution in [0.25, 0.3) is 5.52 Å². The lowest BCUT2D eigenvalue weighted by molar-refractivity contribution is -0.149. The topological polar surface area (TPSA) is 279 Å². The van der Waals surface area contributed by atoms with Crippen LogP contribution in [0.15, 0.2) is 73.1 Å². The fourth-order valence-electron chi connectivity index (χ4n) is 5.54. The zero-order valence-corrected chi connectivity index (χ0v) is 30.7. The summed E-state index contributed by atoms with van der Waals surface area (Å²) in [4.78, 5) is 40.9.